The fraction of sp³-hybridized carbons (Fsp3) is 0.810. The minimum atomic E-state index is -1.10. The molecule has 0 aliphatic rings. The Morgan fingerprint density at radius 3 is 2.12 bits per heavy atom. The molecule has 4 N–H and O–H groups in total. The molecule has 1 atom stereocenters. The van der Waals surface area contributed by atoms with Crippen LogP contribution in [-0.4, -0.2) is 139 Å². The van der Waals surface area contributed by atoms with Crippen LogP contribution in [0.4, 0.5) is 9.59 Å². The van der Waals surface area contributed by atoms with Crippen molar-refractivity contribution in [3.05, 3.63) is 0 Å². The van der Waals surface area contributed by atoms with Crippen molar-refractivity contribution in [2.45, 2.75) is 0 Å². The normalized spacial score (nSPS) is 12.1. The summed E-state index contributed by atoms with van der Waals surface area (Å²) in [6.45, 7) is 2.21. The van der Waals surface area contributed by atoms with E-state index in [-0.39, 0.29) is 31.7 Å². The minimum Gasteiger partial charge on any atom is -0.447 e. The first-order chi connectivity index (χ1) is 20.1. The molecule has 0 fully saturated rings. The van der Waals surface area contributed by atoms with Crippen molar-refractivity contribution >= 4 is 116 Å². The van der Waals surface area contributed by atoms with Crippen LogP contribution in [0.3, 0.4) is 0 Å². The van der Waals surface area contributed by atoms with E-state index in [4.69, 9.17) is 10.2 Å². The van der Waals surface area contributed by atoms with Gasteiger partial charge in [-0.05, 0) is 0 Å². The SMILES string of the molecule is O=C(NCCSCSCCN=CS(=O)CSCSCSC(=O)NCCSCSCCN=COOCCO)OCCO. The summed E-state index contributed by atoms with van der Waals surface area (Å²) in [5.74, 6) is 3.31. The quantitative estimate of drug-likeness (QED) is 0.0221. The number of rotatable bonds is 29. The molecule has 0 saturated heterocycles. The summed E-state index contributed by atoms with van der Waals surface area (Å²) < 4.78 is 16.7. The van der Waals surface area contributed by atoms with Crippen molar-refractivity contribution in [1.82, 2.24) is 10.6 Å². The minimum absolute atomic E-state index is 0.000500. The number of hydrogen-bond acceptors (Lipinski definition) is 17. The van der Waals surface area contributed by atoms with Crippen molar-refractivity contribution < 1.29 is 38.5 Å². The molecule has 0 aromatic carbocycles. The number of amides is 2. The molecule has 1 unspecified atom stereocenters. The van der Waals surface area contributed by atoms with E-state index in [2.05, 4.69) is 35.1 Å². The Hall–Kier alpha value is 0.360. The van der Waals surface area contributed by atoms with Crippen LogP contribution in [0, 0.1) is 0 Å². The summed E-state index contributed by atoms with van der Waals surface area (Å²) in [5, 5.41) is 26.2. The maximum atomic E-state index is 12.0. The number of aliphatic hydroxyl groups is 2. The van der Waals surface area contributed by atoms with Crippen LogP contribution in [-0.2, 0) is 25.3 Å². The number of alkyl carbamates (subject to hydrolysis) is 1. The number of nitrogens with zero attached hydrogens (tertiary/aromatic N) is 2. The molecular formula is C21H40N4O8S8. The summed E-state index contributed by atoms with van der Waals surface area (Å²) in [4.78, 5) is 40.5. The van der Waals surface area contributed by atoms with Gasteiger partial charge in [-0.25, -0.2) is 4.79 Å². The number of nitrogens with one attached hydrogen (secondary N) is 2. The highest BCUT2D eigenvalue weighted by atomic mass is 32.3. The van der Waals surface area contributed by atoms with E-state index in [1.165, 1.54) is 23.7 Å². The Morgan fingerprint density at radius 2 is 1.41 bits per heavy atom. The highest BCUT2D eigenvalue weighted by Crippen LogP contribution is 2.19. The van der Waals surface area contributed by atoms with Gasteiger partial charge in [0.05, 0.1) is 41.2 Å². The summed E-state index contributed by atoms with van der Waals surface area (Å²) in [5.41, 5.74) is 1.51. The van der Waals surface area contributed by atoms with Gasteiger partial charge in [-0.3, -0.25) is 19.0 Å². The number of ether oxygens (including phenoxy) is 1. The van der Waals surface area contributed by atoms with Crippen molar-refractivity contribution in [3.63, 3.8) is 0 Å². The van der Waals surface area contributed by atoms with Crippen LogP contribution in [0.15, 0.2) is 9.98 Å². The highest BCUT2D eigenvalue weighted by molar-refractivity contribution is 8.28. The fourth-order valence-corrected chi connectivity index (χ4v) is 10.1. The molecule has 0 rings (SSSR count). The van der Waals surface area contributed by atoms with Crippen molar-refractivity contribution in [2.24, 2.45) is 9.98 Å². The lowest BCUT2D eigenvalue weighted by Gasteiger charge is -2.05. The third-order valence-corrected chi connectivity index (χ3v) is 13.1. The van der Waals surface area contributed by atoms with Gasteiger partial charge in [0.1, 0.15) is 13.2 Å². The van der Waals surface area contributed by atoms with Crippen LogP contribution in [0.1, 0.15) is 0 Å². The smallest absolute Gasteiger partial charge is 0.407 e. The fourth-order valence-electron chi connectivity index (χ4n) is 1.95. The van der Waals surface area contributed by atoms with Gasteiger partial charge in [0.15, 0.2) is 0 Å². The zero-order valence-electron chi connectivity index (χ0n) is 22.7. The standard InChI is InChI=1S/C21H40N4O8S8/c26-5-7-31-20(28)24-3-11-36-16-35-10-2-23-14-41(30)19-39-17-38-18-40-21(29)25-4-12-37-15-34-9-1-22-13-33-32-8-6-27/h13-14,26-27H,1-12,15-19H2,(H,24,28)(H,25,29). The molecule has 0 aromatic rings. The molecule has 20 heteroatoms. The van der Waals surface area contributed by atoms with E-state index in [1.807, 2.05) is 0 Å². The average Bonchev–Trinajstić information content (AvgIpc) is 2.97. The first kappa shape index (κ1) is 41.4. The second-order valence-corrected chi connectivity index (χ2v) is 17.2. The highest BCUT2D eigenvalue weighted by Gasteiger charge is 2.03. The molecule has 240 valence electrons. The third-order valence-electron chi connectivity index (χ3n) is 3.61. The maximum Gasteiger partial charge on any atom is 0.407 e. The predicted octanol–water partition coefficient (Wildman–Crippen LogP) is 3.08. The molecule has 0 aromatic heterocycles. The second-order valence-electron chi connectivity index (χ2n) is 6.82. The molecule has 0 aliphatic carbocycles. The molecule has 41 heavy (non-hydrogen) atoms. The first-order valence-electron chi connectivity index (χ1n) is 12.2. The Kier molecular flexibility index (Phi) is 35.2. The Balaban J connectivity index is 3.39. The zero-order chi connectivity index (χ0) is 30.1. The average molecular weight is 733 g/mol. The van der Waals surface area contributed by atoms with E-state index in [1.54, 1.807) is 70.6 Å². The molecular weight excluding hydrogens is 693 g/mol. The molecule has 0 spiro atoms. The van der Waals surface area contributed by atoms with Crippen molar-refractivity contribution in [1.29, 1.82) is 0 Å². The van der Waals surface area contributed by atoms with Crippen LogP contribution < -0.4 is 10.6 Å². The van der Waals surface area contributed by atoms with Gasteiger partial charge in [-0.2, -0.15) is 4.89 Å². The van der Waals surface area contributed by atoms with Gasteiger partial charge in [-0.15, -0.1) is 70.6 Å². The monoisotopic (exact) mass is 732 g/mol. The van der Waals surface area contributed by atoms with E-state index in [9.17, 15) is 13.8 Å². The topological polar surface area (TPSA) is 168 Å². The van der Waals surface area contributed by atoms with Gasteiger partial charge >= 0.3 is 6.09 Å². The summed E-state index contributed by atoms with van der Waals surface area (Å²) in [6.07, 6.45) is 0.709. The predicted molar refractivity (Wildman–Crippen MR) is 186 cm³/mol. The Bertz CT molecular complexity index is 716. The van der Waals surface area contributed by atoms with Gasteiger partial charge < -0.3 is 30.5 Å². The maximum absolute atomic E-state index is 12.0. The molecule has 12 nitrogen and oxygen atoms in total. The third kappa shape index (κ3) is 34.7. The van der Waals surface area contributed by atoms with Gasteiger partial charge in [0, 0.05) is 63.0 Å². The van der Waals surface area contributed by atoms with Gasteiger partial charge in [0.2, 0.25) is 6.40 Å². The van der Waals surface area contributed by atoms with E-state index >= 15 is 0 Å². The number of hydrogen-bond donors (Lipinski definition) is 4. The lowest BCUT2D eigenvalue weighted by molar-refractivity contribution is -0.221. The summed E-state index contributed by atoms with van der Waals surface area (Å²) in [6, 6.07) is 0. The van der Waals surface area contributed by atoms with Crippen LogP contribution in [0.5, 0.6) is 0 Å². The molecule has 0 saturated carbocycles. The Morgan fingerprint density at radius 1 is 0.780 bits per heavy atom. The number of aliphatic hydroxyl groups excluding tert-OH is 2. The lowest BCUT2D eigenvalue weighted by Crippen LogP contribution is -2.27. The van der Waals surface area contributed by atoms with Gasteiger partial charge in [-0.1, -0.05) is 11.8 Å². The van der Waals surface area contributed by atoms with Crippen molar-refractivity contribution in [2.75, 3.05) is 101 Å². The van der Waals surface area contributed by atoms with E-state index in [0.717, 1.165) is 38.3 Å². The lowest BCUT2D eigenvalue weighted by atomic mass is 10.7. The Labute approximate surface area is 274 Å². The molecule has 0 heterocycles. The summed E-state index contributed by atoms with van der Waals surface area (Å²) in [7, 11) is -1.10. The van der Waals surface area contributed by atoms with Gasteiger partial charge in [0.25, 0.3) is 5.24 Å². The van der Waals surface area contributed by atoms with E-state index < -0.39 is 16.9 Å². The van der Waals surface area contributed by atoms with E-state index in [0.29, 0.717) is 36.3 Å². The molecule has 0 bridgehead atoms. The molecule has 0 aliphatic heterocycles. The number of aliphatic imine (C=N–C) groups is 2. The van der Waals surface area contributed by atoms with Crippen LogP contribution in [0.2, 0.25) is 0 Å². The zero-order valence-corrected chi connectivity index (χ0v) is 29.2. The van der Waals surface area contributed by atoms with Crippen LogP contribution in [0.25, 0.3) is 0 Å². The summed E-state index contributed by atoms with van der Waals surface area (Å²) >= 11 is 11.4. The van der Waals surface area contributed by atoms with Crippen molar-refractivity contribution in [3.8, 4) is 0 Å². The number of carbonyl (C=O) groups is 2. The second kappa shape index (κ2) is 34.8. The van der Waals surface area contributed by atoms with Crippen LogP contribution >= 0.6 is 82.3 Å². The molecule has 2 amide bonds. The molecule has 0 radical (unpaired) electrons. The largest absolute Gasteiger partial charge is 0.447 e. The number of carbonyl (C=O) groups excluding carboxylic acids is 2. The number of thioether (sulfide) groups is 7. The first-order valence-corrected chi connectivity index (χ1v) is 21.5.